The second-order valence-electron chi connectivity index (χ2n) is 7.17. The third-order valence-electron chi connectivity index (χ3n) is 4.77. The van der Waals surface area contributed by atoms with E-state index < -0.39 is 24.4 Å². The van der Waals surface area contributed by atoms with Gasteiger partial charge in [0.15, 0.2) is 0 Å². The third-order valence-corrected chi connectivity index (χ3v) is 4.77. The van der Waals surface area contributed by atoms with Crippen LogP contribution in [0, 0.1) is 11.7 Å². The average Bonchev–Trinajstić information content (AvgIpc) is 3.47. The summed E-state index contributed by atoms with van der Waals surface area (Å²) in [5, 5.41) is 6.30. The molecule has 0 saturated heterocycles. The normalized spacial score (nSPS) is 13.8. The molecule has 1 saturated carbocycles. The van der Waals surface area contributed by atoms with E-state index in [1.54, 1.807) is 0 Å². The van der Waals surface area contributed by atoms with Crippen LogP contribution in [-0.4, -0.2) is 22.6 Å². The van der Waals surface area contributed by atoms with Gasteiger partial charge in [-0.05, 0) is 49.1 Å². The molecular formula is C21H17F4N3O3. The molecule has 0 spiro atoms. The van der Waals surface area contributed by atoms with Gasteiger partial charge >= 0.3 is 6.18 Å². The maximum Gasteiger partial charge on any atom is 0.452 e. The molecule has 1 aliphatic rings. The van der Waals surface area contributed by atoms with E-state index in [4.69, 9.17) is 4.74 Å². The smallest absolute Gasteiger partial charge is 0.452 e. The van der Waals surface area contributed by atoms with Crippen LogP contribution in [0.3, 0.4) is 0 Å². The molecule has 2 aromatic heterocycles. The highest BCUT2D eigenvalue weighted by molar-refractivity contribution is 5.93. The van der Waals surface area contributed by atoms with Crippen molar-refractivity contribution in [2.45, 2.75) is 25.6 Å². The highest BCUT2D eigenvalue weighted by Gasteiger charge is 2.40. The molecule has 1 N–H and O–H groups in total. The summed E-state index contributed by atoms with van der Waals surface area (Å²) in [5.74, 6) is -1.56. The minimum atomic E-state index is -4.79. The van der Waals surface area contributed by atoms with E-state index in [0.29, 0.717) is 18.0 Å². The molecule has 6 nitrogen and oxygen atoms in total. The lowest BCUT2D eigenvalue weighted by Gasteiger charge is -2.09. The number of amides is 1. The molecule has 31 heavy (non-hydrogen) atoms. The molecule has 2 heterocycles. The Labute approximate surface area is 174 Å². The van der Waals surface area contributed by atoms with E-state index in [2.05, 4.69) is 20.0 Å². The predicted molar refractivity (Wildman–Crippen MR) is 101 cm³/mol. The van der Waals surface area contributed by atoms with E-state index in [-0.39, 0.29) is 28.6 Å². The second-order valence-corrected chi connectivity index (χ2v) is 7.17. The van der Waals surface area contributed by atoms with Crippen molar-refractivity contribution >= 4 is 5.91 Å². The van der Waals surface area contributed by atoms with Crippen LogP contribution in [0.5, 0.6) is 5.88 Å². The standard InChI is InChI=1S/C21H17F4N3O3/c22-15-6-3-13(4-7-15)18-16(19(31-28-18)21(23,24)25)11-30-17-8-5-14(10-26-17)20(29)27-9-12-1-2-12/h3-8,10,12H,1-2,9,11H2,(H,27,29). The van der Waals surface area contributed by atoms with Crippen LogP contribution < -0.4 is 10.1 Å². The Hall–Kier alpha value is -3.43. The van der Waals surface area contributed by atoms with Gasteiger partial charge in [0.05, 0.1) is 11.1 Å². The zero-order valence-electron chi connectivity index (χ0n) is 16.1. The van der Waals surface area contributed by atoms with Gasteiger partial charge in [-0.2, -0.15) is 13.2 Å². The molecule has 10 heteroatoms. The summed E-state index contributed by atoms with van der Waals surface area (Å²) in [6.07, 6.45) is -1.29. The first-order valence-electron chi connectivity index (χ1n) is 9.50. The average molecular weight is 435 g/mol. The number of benzene rings is 1. The number of alkyl halides is 3. The number of carbonyl (C=O) groups excluding carboxylic acids is 1. The first-order chi connectivity index (χ1) is 14.8. The van der Waals surface area contributed by atoms with Gasteiger partial charge < -0.3 is 14.6 Å². The van der Waals surface area contributed by atoms with Crippen molar-refractivity contribution < 1.29 is 31.6 Å². The summed E-state index contributed by atoms with van der Waals surface area (Å²) in [7, 11) is 0. The number of ether oxygens (including phenoxy) is 1. The molecule has 0 radical (unpaired) electrons. The topological polar surface area (TPSA) is 77.2 Å². The summed E-state index contributed by atoms with van der Waals surface area (Å²) < 4.78 is 63.1. The quantitative estimate of drug-likeness (QED) is 0.549. The summed E-state index contributed by atoms with van der Waals surface area (Å²) in [5.41, 5.74) is 0.117. The van der Waals surface area contributed by atoms with Crippen LogP contribution in [0.4, 0.5) is 17.6 Å². The van der Waals surface area contributed by atoms with Crippen LogP contribution in [0.1, 0.15) is 34.5 Å². The van der Waals surface area contributed by atoms with E-state index in [9.17, 15) is 22.4 Å². The van der Waals surface area contributed by atoms with Gasteiger partial charge in [0.25, 0.3) is 5.91 Å². The fourth-order valence-electron chi connectivity index (χ4n) is 2.91. The molecule has 3 aromatic rings. The number of hydrogen-bond donors (Lipinski definition) is 1. The van der Waals surface area contributed by atoms with Gasteiger partial charge in [0.1, 0.15) is 18.1 Å². The zero-order valence-corrected chi connectivity index (χ0v) is 16.1. The van der Waals surface area contributed by atoms with Crippen LogP contribution in [-0.2, 0) is 12.8 Å². The Morgan fingerprint density at radius 1 is 1.16 bits per heavy atom. The molecule has 0 bridgehead atoms. The highest BCUT2D eigenvalue weighted by Crippen LogP contribution is 2.37. The molecule has 0 unspecified atom stereocenters. The summed E-state index contributed by atoms with van der Waals surface area (Å²) in [4.78, 5) is 16.0. The zero-order chi connectivity index (χ0) is 22.0. The van der Waals surface area contributed by atoms with Crippen molar-refractivity contribution in [3.8, 4) is 17.1 Å². The Morgan fingerprint density at radius 3 is 2.52 bits per heavy atom. The first-order valence-corrected chi connectivity index (χ1v) is 9.50. The molecule has 1 fully saturated rings. The van der Waals surface area contributed by atoms with Crippen LogP contribution in [0.2, 0.25) is 0 Å². The van der Waals surface area contributed by atoms with Gasteiger partial charge in [-0.3, -0.25) is 4.79 Å². The molecule has 0 atom stereocenters. The Morgan fingerprint density at radius 2 is 1.90 bits per heavy atom. The van der Waals surface area contributed by atoms with Crippen molar-refractivity contribution in [3.63, 3.8) is 0 Å². The van der Waals surface area contributed by atoms with Gasteiger partial charge in [-0.1, -0.05) is 5.16 Å². The lowest BCUT2D eigenvalue weighted by molar-refractivity contribution is -0.156. The van der Waals surface area contributed by atoms with Crippen LogP contribution in [0.25, 0.3) is 11.3 Å². The first kappa shape index (κ1) is 20.8. The largest absolute Gasteiger partial charge is 0.473 e. The Kier molecular flexibility index (Phi) is 5.62. The van der Waals surface area contributed by atoms with E-state index in [0.717, 1.165) is 25.0 Å². The SMILES string of the molecule is O=C(NCC1CC1)c1ccc(OCc2c(-c3ccc(F)cc3)noc2C(F)(F)F)nc1. The minimum absolute atomic E-state index is 0.0260. The van der Waals surface area contributed by atoms with Crippen molar-refractivity contribution in [2.75, 3.05) is 6.54 Å². The predicted octanol–water partition coefficient (Wildman–Crippen LogP) is 4.61. The molecule has 162 valence electrons. The summed E-state index contributed by atoms with van der Waals surface area (Å²) in [6, 6.07) is 7.68. The lowest BCUT2D eigenvalue weighted by atomic mass is 10.1. The maximum absolute atomic E-state index is 13.3. The van der Waals surface area contributed by atoms with Gasteiger partial charge in [0.2, 0.25) is 11.6 Å². The van der Waals surface area contributed by atoms with Crippen molar-refractivity contribution in [3.05, 3.63) is 65.3 Å². The molecule has 1 amide bonds. The van der Waals surface area contributed by atoms with Crippen molar-refractivity contribution in [2.24, 2.45) is 5.92 Å². The monoisotopic (exact) mass is 435 g/mol. The van der Waals surface area contributed by atoms with Gasteiger partial charge in [-0.15, -0.1) is 0 Å². The van der Waals surface area contributed by atoms with E-state index >= 15 is 0 Å². The minimum Gasteiger partial charge on any atom is -0.473 e. The second kappa shape index (κ2) is 8.37. The number of rotatable bonds is 7. The number of carbonyl (C=O) groups is 1. The molecule has 1 aliphatic carbocycles. The molecule has 1 aromatic carbocycles. The molecule has 4 rings (SSSR count). The van der Waals surface area contributed by atoms with Crippen molar-refractivity contribution in [1.29, 1.82) is 0 Å². The number of pyridine rings is 1. The number of nitrogens with one attached hydrogen (secondary N) is 1. The fraction of sp³-hybridized carbons (Fsp3) is 0.286. The van der Waals surface area contributed by atoms with Crippen LogP contribution >= 0.6 is 0 Å². The van der Waals surface area contributed by atoms with Gasteiger partial charge in [-0.25, -0.2) is 9.37 Å². The fourth-order valence-corrected chi connectivity index (χ4v) is 2.91. The maximum atomic E-state index is 13.3. The third kappa shape index (κ3) is 5.01. The van der Waals surface area contributed by atoms with Crippen molar-refractivity contribution in [1.82, 2.24) is 15.5 Å². The van der Waals surface area contributed by atoms with E-state index in [1.807, 2.05) is 0 Å². The molecule has 0 aliphatic heterocycles. The number of aromatic nitrogens is 2. The van der Waals surface area contributed by atoms with Crippen LogP contribution in [0.15, 0.2) is 47.1 Å². The summed E-state index contributed by atoms with van der Waals surface area (Å²) in [6.45, 7) is 0.0717. The molecular weight excluding hydrogens is 418 g/mol. The number of hydrogen-bond acceptors (Lipinski definition) is 5. The Bertz CT molecular complexity index is 1060. The summed E-state index contributed by atoms with van der Waals surface area (Å²) >= 11 is 0. The number of nitrogens with zero attached hydrogens (tertiary/aromatic N) is 2. The number of halogens is 4. The van der Waals surface area contributed by atoms with E-state index in [1.165, 1.54) is 30.5 Å². The van der Waals surface area contributed by atoms with Gasteiger partial charge in [0, 0.05) is 24.4 Å². The lowest BCUT2D eigenvalue weighted by Crippen LogP contribution is -2.25. The highest BCUT2D eigenvalue weighted by atomic mass is 19.4. The Balaban J connectivity index is 1.49.